The minimum Gasteiger partial charge on any atom is -0.487 e. The van der Waals surface area contributed by atoms with E-state index in [2.05, 4.69) is 19.2 Å². The fraction of sp³-hybridized carbons (Fsp3) is 0.333. The lowest BCUT2D eigenvalue weighted by Crippen LogP contribution is -2.19. The van der Waals surface area contributed by atoms with E-state index >= 15 is 0 Å². The molecule has 0 saturated heterocycles. The highest BCUT2D eigenvalue weighted by atomic mass is 35.5. The van der Waals surface area contributed by atoms with E-state index in [9.17, 15) is 0 Å². The van der Waals surface area contributed by atoms with Gasteiger partial charge in [0.15, 0.2) is 0 Å². The number of benzene rings is 2. The van der Waals surface area contributed by atoms with E-state index in [1.807, 2.05) is 36.4 Å². The van der Waals surface area contributed by atoms with Crippen LogP contribution in [0.25, 0.3) is 0 Å². The summed E-state index contributed by atoms with van der Waals surface area (Å²) in [5, 5.41) is 4.57. The van der Waals surface area contributed by atoms with E-state index < -0.39 is 0 Å². The molecule has 0 spiro atoms. The van der Waals surface area contributed by atoms with Gasteiger partial charge in [0, 0.05) is 17.1 Å². The quantitative estimate of drug-likeness (QED) is 0.738. The van der Waals surface area contributed by atoms with Crippen LogP contribution >= 0.6 is 23.2 Å². The van der Waals surface area contributed by atoms with E-state index in [-0.39, 0.29) is 0 Å². The fourth-order valence-electron chi connectivity index (χ4n) is 2.13. The Labute approximate surface area is 142 Å². The molecule has 0 aromatic heterocycles. The molecule has 22 heavy (non-hydrogen) atoms. The van der Waals surface area contributed by atoms with Crippen molar-refractivity contribution in [3.63, 3.8) is 0 Å². The molecule has 118 valence electrons. The highest BCUT2D eigenvalue weighted by Gasteiger charge is 2.11. The average molecular weight is 338 g/mol. The van der Waals surface area contributed by atoms with Crippen molar-refractivity contribution in [1.29, 1.82) is 0 Å². The second-order valence-corrected chi connectivity index (χ2v) is 6.52. The van der Waals surface area contributed by atoms with Gasteiger partial charge in [-0.3, -0.25) is 0 Å². The lowest BCUT2D eigenvalue weighted by atomic mass is 10.1. The molecule has 0 radical (unpaired) electrons. The van der Waals surface area contributed by atoms with Gasteiger partial charge in [-0.2, -0.15) is 0 Å². The first-order valence-corrected chi connectivity index (χ1v) is 8.17. The van der Waals surface area contributed by atoms with Crippen LogP contribution < -0.4 is 10.1 Å². The first-order valence-electron chi connectivity index (χ1n) is 7.41. The molecule has 0 atom stereocenters. The summed E-state index contributed by atoms with van der Waals surface area (Å²) < 4.78 is 5.94. The van der Waals surface area contributed by atoms with E-state index in [1.165, 1.54) is 0 Å². The van der Waals surface area contributed by atoms with Crippen LogP contribution in [0.2, 0.25) is 10.0 Å². The third-order valence-corrected chi connectivity index (χ3v) is 3.68. The van der Waals surface area contributed by atoms with Gasteiger partial charge in [-0.15, -0.1) is 0 Å². The first kappa shape index (κ1) is 17.1. The summed E-state index contributed by atoms with van der Waals surface area (Å²) in [5.41, 5.74) is 2.09. The van der Waals surface area contributed by atoms with Crippen LogP contribution in [0.3, 0.4) is 0 Å². The molecule has 0 fully saturated rings. The summed E-state index contributed by atoms with van der Waals surface area (Å²) in [5.74, 6) is 1.29. The van der Waals surface area contributed by atoms with Gasteiger partial charge in [0.05, 0.1) is 5.02 Å². The summed E-state index contributed by atoms with van der Waals surface area (Å²) in [6.45, 7) is 6.44. The summed E-state index contributed by atoms with van der Waals surface area (Å²) in [6.07, 6.45) is 0. The van der Waals surface area contributed by atoms with E-state index in [0.29, 0.717) is 34.9 Å². The van der Waals surface area contributed by atoms with Gasteiger partial charge in [-0.1, -0.05) is 67.4 Å². The molecular weight excluding hydrogens is 317 g/mol. The fourth-order valence-corrected chi connectivity index (χ4v) is 2.72. The molecule has 0 bridgehead atoms. The van der Waals surface area contributed by atoms with Crippen LogP contribution in [0.15, 0.2) is 42.5 Å². The van der Waals surface area contributed by atoms with Crippen LogP contribution in [0, 0.1) is 5.92 Å². The number of rotatable bonds is 7. The molecular formula is C18H21Cl2NO. The molecule has 0 heterocycles. The molecule has 2 nitrogen and oxygen atoms in total. The van der Waals surface area contributed by atoms with E-state index in [1.54, 1.807) is 6.07 Å². The normalized spacial score (nSPS) is 11.0. The Morgan fingerprint density at radius 1 is 1.09 bits per heavy atom. The van der Waals surface area contributed by atoms with Gasteiger partial charge < -0.3 is 10.1 Å². The molecule has 0 amide bonds. The second kappa shape index (κ2) is 8.42. The predicted octanol–water partition coefficient (Wildman–Crippen LogP) is 5.32. The van der Waals surface area contributed by atoms with Gasteiger partial charge in [-0.25, -0.2) is 0 Å². The maximum absolute atomic E-state index is 6.31. The maximum atomic E-state index is 6.31. The minimum absolute atomic E-state index is 0.485. The van der Waals surface area contributed by atoms with Gasteiger partial charge in [0.2, 0.25) is 0 Å². The molecule has 2 aromatic rings. The summed E-state index contributed by atoms with van der Waals surface area (Å²) >= 11 is 12.4. The van der Waals surface area contributed by atoms with Crippen LogP contribution in [-0.2, 0) is 13.2 Å². The topological polar surface area (TPSA) is 21.3 Å². The third-order valence-electron chi connectivity index (χ3n) is 3.18. The number of hydrogen-bond donors (Lipinski definition) is 1. The minimum atomic E-state index is 0.485. The molecule has 0 aliphatic rings. The SMILES string of the molecule is CC(C)CNCc1cc(Cl)cc(Cl)c1OCc1ccccc1. The maximum Gasteiger partial charge on any atom is 0.142 e. The highest BCUT2D eigenvalue weighted by molar-refractivity contribution is 6.35. The smallest absolute Gasteiger partial charge is 0.142 e. The average Bonchev–Trinajstić information content (AvgIpc) is 2.47. The zero-order chi connectivity index (χ0) is 15.9. The van der Waals surface area contributed by atoms with E-state index in [0.717, 1.165) is 17.7 Å². The van der Waals surface area contributed by atoms with Crippen molar-refractivity contribution in [1.82, 2.24) is 5.32 Å². The number of nitrogens with one attached hydrogen (secondary N) is 1. The third kappa shape index (κ3) is 5.20. The van der Waals surface area contributed by atoms with Gasteiger partial charge in [0.1, 0.15) is 12.4 Å². The van der Waals surface area contributed by atoms with Gasteiger partial charge in [0.25, 0.3) is 0 Å². The number of hydrogen-bond acceptors (Lipinski definition) is 2. The van der Waals surface area contributed by atoms with Crippen molar-refractivity contribution in [3.8, 4) is 5.75 Å². The van der Waals surface area contributed by atoms with Crippen LogP contribution in [-0.4, -0.2) is 6.54 Å². The molecule has 0 unspecified atom stereocenters. The summed E-state index contributed by atoms with van der Waals surface area (Å²) in [6, 6.07) is 13.7. The van der Waals surface area contributed by atoms with Crippen molar-refractivity contribution in [2.45, 2.75) is 27.0 Å². The van der Waals surface area contributed by atoms with Crippen LogP contribution in [0.5, 0.6) is 5.75 Å². The van der Waals surface area contributed by atoms with E-state index in [4.69, 9.17) is 27.9 Å². The summed E-state index contributed by atoms with van der Waals surface area (Å²) in [4.78, 5) is 0. The Hall–Kier alpha value is -1.22. The van der Waals surface area contributed by atoms with Crippen molar-refractivity contribution in [2.24, 2.45) is 5.92 Å². The number of ether oxygens (including phenoxy) is 1. The molecule has 4 heteroatoms. The zero-order valence-corrected chi connectivity index (χ0v) is 14.4. The molecule has 1 N–H and O–H groups in total. The lowest BCUT2D eigenvalue weighted by Gasteiger charge is -2.15. The Morgan fingerprint density at radius 3 is 2.50 bits per heavy atom. The zero-order valence-electron chi connectivity index (χ0n) is 12.9. The lowest BCUT2D eigenvalue weighted by molar-refractivity contribution is 0.302. The van der Waals surface area contributed by atoms with Crippen molar-refractivity contribution < 1.29 is 4.74 Å². The van der Waals surface area contributed by atoms with Crippen LogP contribution in [0.1, 0.15) is 25.0 Å². The van der Waals surface area contributed by atoms with Crippen molar-refractivity contribution in [2.75, 3.05) is 6.54 Å². The molecule has 2 aromatic carbocycles. The molecule has 0 saturated carbocycles. The second-order valence-electron chi connectivity index (χ2n) is 5.67. The Bertz CT molecular complexity index is 600. The van der Waals surface area contributed by atoms with Crippen LogP contribution in [0.4, 0.5) is 0 Å². The largest absolute Gasteiger partial charge is 0.487 e. The van der Waals surface area contributed by atoms with Gasteiger partial charge in [-0.05, 0) is 30.2 Å². The molecule has 0 aliphatic heterocycles. The summed E-state index contributed by atoms with van der Waals surface area (Å²) in [7, 11) is 0. The van der Waals surface area contributed by atoms with Gasteiger partial charge >= 0.3 is 0 Å². The molecule has 0 aliphatic carbocycles. The Kier molecular flexibility index (Phi) is 6.56. The standard InChI is InChI=1S/C18H21Cl2NO/c1-13(2)10-21-11-15-8-16(19)9-17(20)18(15)22-12-14-6-4-3-5-7-14/h3-9,13,21H,10-12H2,1-2H3. The monoisotopic (exact) mass is 337 g/mol. The van der Waals surface area contributed by atoms with Crippen molar-refractivity contribution >= 4 is 23.2 Å². The first-order chi connectivity index (χ1) is 10.6. The molecule has 2 rings (SSSR count). The number of halogens is 2. The predicted molar refractivity (Wildman–Crippen MR) is 93.8 cm³/mol. The highest BCUT2D eigenvalue weighted by Crippen LogP contribution is 2.33. The van der Waals surface area contributed by atoms with Crippen molar-refractivity contribution in [3.05, 3.63) is 63.6 Å². The Balaban J connectivity index is 2.10. The Morgan fingerprint density at radius 2 is 1.82 bits per heavy atom.